The van der Waals surface area contributed by atoms with Gasteiger partial charge in [0.1, 0.15) is 48.8 Å². The Morgan fingerprint density at radius 3 is 1.84 bits per heavy atom. The standard InChI is InChI=1S/C14H26O11/c1-2-22-13-11(21)9(19)12(6(4-16)24-13)25-14-10(20)8(18)7(17)5(3-15)23-14/h5-21H,2-4H2,1H3/t5-,6-,7+,8+,9-,10-,11-,12-,13+,14+/m1/s1. The highest BCUT2D eigenvalue weighted by Crippen LogP contribution is 2.29. The van der Waals surface area contributed by atoms with Gasteiger partial charge in [0, 0.05) is 6.61 Å². The van der Waals surface area contributed by atoms with Crippen LogP contribution in [0.3, 0.4) is 0 Å². The van der Waals surface area contributed by atoms with E-state index in [9.17, 15) is 35.7 Å². The average Bonchev–Trinajstić information content (AvgIpc) is 2.61. The first-order chi connectivity index (χ1) is 11.8. The molecule has 2 fully saturated rings. The van der Waals surface area contributed by atoms with Crippen LogP contribution in [0.1, 0.15) is 6.92 Å². The lowest BCUT2D eigenvalue weighted by atomic mass is 9.97. The highest BCUT2D eigenvalue weighted by Gasteiger charge is 2.50. The van der Waals surface area contributed by atoms with Crippen molar-refractivity contribution < 1.29 is 54.7 Å². The predicted octanol–water partition coefficient (Wildman–Crippen LogP) is -4.35. The first-order valence-electron chi connectivity index (χ1n) is 8.05. The number of hydrogen-bond donors (Lipinski definition) is 7. The molecule has 148 valence electrons. The van der Waals surface area contributed by atoms with E-state index in [0.717, 1.165) is 0 Å². The van der Waals surface area contributed by atoms with Gasteiger partial charge in [0.25, 0.3) is 0 Å². The van der Waals surface area contributed by atoms with Crippen molar-refractivity contribution >= 4 is 0 Å². The molecule has 0 bridgehead atoms. The summed E-state index contributed by atoms with van der Waals surface area (Å²) in [5.74, 6) is 0. The molecule has 0 radical (unpaired) electrons. The topological polar surface area (TPSA) is 179 Å². The van der Waals surface area contributed by atoms with Crippen LogP contribution in [0.4, 0.5) is 0 Å². The van der Waals surface area contributed by atoms with Crippen LogP contribution in [0.5, 0.6) is 0 Å². The van der Waals surface area contributed by atoms with E-state index < -0.39 is 74.6 Å². The fourth-order valence-electron chi connectivity index (χ4n) is 2.86. The summed E-state index contributed by atoms with van der Waals surface area (Å²) in [5.41, 5.74) is 0. The van der Waals surface area contributed by atoms with Crippen molar-refractivity contribution in [1.82, 2.24) is 0 Å². The number of aliphatic hydroxyl groups is 7. The third-order valence-corrected chi connectivity index (χ3v) is 4.29. The molecule has 0 aromatic heterocycles. The van der Waals surface area contributed by atoms with E-state index in [-0.39, 0.29) is 6.61 Å². The van der Waals surface area contributed by atoms with Gasteiger partial charge in [-0.3, -0.25) is 0 Å². The average molecular weight is 370 g/mol. The highest BCUT2D eigenvalue weighted by molar-refractivity contribution is 4.93. The van der Waals surface area contributed by atoms with E-state index in [2.05, 4.69) is 0 Å². The number of ether oxygens (including phenoxy) is 4. The first kappa shape index (κ1) is 20.9. The highest BCUT2D eigenvalue weighted by atomic mass is 16.7. The maximum absolute atomic E-state index is 10.2. The van der Waals surface area contributed by atoms with Gasteiger partial charge in [-0.05, 0) is 6.92 Å². The van der Waals surface area contributed by atoms with E-state index in [1.807, 2.05) is 0 Å². The molecule has 7 N–H and O–H groups in total. The third-order valence-electron chi connectivity index (χ3n) is 4.29. The Morgan fingerprint density at radius 1 is 0.720 bits per heavy atom. The van der Waals surface area contributed by atoms with Crippen molar-refractivity contribution in [3.63, 3.8) is 0 Å². The Balaban J connectivity index is 2.11. The zero-order valence-electron chi connectivity index (χ0n) is 13.7. The van der Waals surface area contributed by atoms with Crippen LogP contribution in [-0.2, 0) is 18.9 Å². The van der Waals surface area contributed by atoms with Crippen molar-refractivity contribution in [3.8, 4) is 0 Å². The SMILES string of the molecule is CCO[C@H]1O[C@H](CO)[C@@H](O[C@@H]2O[C@H](CO)[C@H](O)[C@H](O)[C@H]2O)[C@H](O)[C@H]1O. The van der Waals surface area contributed by atoms with E-state index >= 15 is 0 Å². The molecular formula is C14H26O11. The molecule has 0 aromatic rings. The Morgan fingerprint density at radius 2 is 1.28 bits per heavy atom. The molecule has 2 aliphatic heterocycles. The zero-order chi connectivity index (χ0) is 18.7. The van der Waals surface area contributed by atoms with Crippen molar-refractivity contribution in [1.29, 1.82) is 0 Å². The normalized spacial score (nSPS) is 48.5. The molecular weight excluding hydrogens is 344 g/mol. The maximum Gasteiger partial charge on any atom is 0.187 e. The summed E-state index contributed by atoms with van der Waals surface area (Å²) in [6.45, 7) is 0.625. The van der Waals surface area contributed by atoms with Crippen LogP contribution in [0.25, 0.3) is 0 Å². The molecule has 0 amide bonds. The second kappa shape index (κ2) is 8.97. The lowest BCUT2D eigenvalue weighted by Crippen LogP contribution is -2.64. The van der Waals surface area contributed by atoms with Crippen molar-refractivity contribution in [2.75, 3.05) is 19.8 Å². The summed E-state index contributed by atoms with van der Waals surface area (Å²) in [5, 5.41) is 68.4. The fraction of sp³-hybridized carbons (Fsp3) is 1.00. The maximum atomic E-state index is 10.2. The van der Waals surface area contributed by atoms with Crippen LogP contribution in [0, 0.1) is 0 Å². The summed E-state index contributed by atoms with van der Waals surface area (Å²) in [7, 11) is 0. The van der Waals surface area contributed by atoms with Gasteiger partial charge in [0.05, 0.1) is 13.2 Å². The van der Waals surface area contributed by atoms with Gasteiger partial charge in [0.2, 0.25) is 0 Å². The smallest absolute Gasteiger partial charge is 0.187 e. The van der Waals surface area contributed by atoms with E-state index in [4.69, 9.17) is 18.9 Å². The predicted molar refractivity (Wildman–Crippen MR) is 78.0 cm³/mol. The van der Waals surface area contributed by atoms with Crippen molar-refractivity contribution in [2.45, 2.75) is 68.3 Å². The van der Waals surface area contributed by atoms with Crippen LogP contribution in [0.15, 0.2) is 0 Å². The molecule has 2 rings (SSSR count). The summed E-state index contributed by atoms with van der Waals surface area (Å²) >= 11 is 0. The van der Waals surface area contributed by atoms with Gasteiger partial charge in [0.15, 0.2) is 12.6 Å². The van der Waals surface area contributed by atoms with Gasteiger partial charge in [-0.15, -0.1) is 0 Å². The van der Waals surface area contributed by atoms with E-state index in [0.29, 0.717) is 0 Å². The number of aliphatic hydroxyl groups excluding tert-OH is 7. The fourth-order valence-corrected chi connectivity index (χ4v) is 2.86. The summed E-state index contributed by atoms with van der Waals surface area (Å²) in [4.78, 5) is 0. The molecule has 11 heteroatoms. The Hall–Kier alpha value is -0.440. The first-order valence-corrected chi connectivity index (χ1v) is 8.05. The molecule has 0 unspecified atom stereocenters. The lowest BCUT2D eigenvalue weighted by molar-refractivity contribution is -0.359. The zero-order valence-corrected chi connectivity index (χ0v) is 13.7. The third kappa shape index (κ3) is 4.28. The monoisotopic (exact) mass is 370 g/mol. The Labute approximate surface area is 143 Å². The molecule has 0 spiro atoms. The van der Waals surface area contributed by atoms with E-state index in [1.165, 1.54) is 0 Å². The molecule has 2 saturated heterocycles. The lowest BCUT2D eigenvalue weighted by Gasteiger charge is -2.45. The summed E-state index contributed by atoms with van der Waals surface area (Å²) in [6, 6.07) is 0. The molecule has 0 aromatic carbocycles. The van der Waals surface area contributed by atoms with Gasteiger partial charge >= 0.3 is 0 Å². The summed E-state index contributed by atoms with van der Waals surface area (Å²) in [6.07, 6.45) is -14.3. The van der Waals surface area contributed by atoms with Crippen LogP contribution < -0.4 is 0 Å². The summed E-state index contributed by atoms with van der Waals surface area (Å²) < 4.78 is 21.1. The molecule has 2 aliphatic rings. The quantitative estimate of drug-likeness (QED) is 0.240. The van der Waals surface area contributed by atoms with Gasteiger partial charge < -0.3 is 54.7 Å². The molecule has 0 saturated carbocycles. The largest absolute Gasteiger partial charge is 0.394 e. The second-order valence-electron chi connectivity index (χ2n) is 5.96. The van der Waals surface area contributed by atoms with E-state index in [1.54, 1.807) is 6.92 Å². The number of hydrogen-bond acceptors (Lipinski definition) is 11. The molecule has 2 heterocycles. The van der Waals surface area contributed by atoms with Crippen LogP contribution in [-0.4, -0.2) is 117 Å². The van der Waals surface area contributed by atoms with Crippen molar-refractivity contribution in [2.24, 2.45) is 0 Å². The minimum Gasteiger partial charge on any atom is -0.394 e. The van der Waals surface area contributed by atoms with Crippen LogP contribution in [0.2, 0.25) is 0 Å². The van der Waals surface area contributed by atoms with Gasteiger partial charge in [-0.2, -0.15) is 0 Å². The van der Waals surface area contributed by atoms with Gasteiger partial charge in [-0.1, -0.05) is 0 Å². The minimum atomic E-state index is -1.69. The number of rotatable bonds is 6. The molecule has 0 aliphatic carbocycles. The Kier molecular flexibility index (Phi) is 7.49. The van der Waals surface area contributed by atoms with Crippen molar-refractivity contribution in [3.05, 3.63) is 0 Å². The van der Waals surface area contributed by atoms with Gasteiger partial charge in [-0.25, -0.2) is 0 Å². The molecule has 11 nitrogen and oxygen atoms in total. The molecule has 10 atom stereocenters. The second-order valence-corrected chi connectivity index (χ2v) is 5.96. The van der Waals surface area contributed by atoms with Crippen LogP contribution >= 0.6 is 0 Å². The molecule has 25 heavy (non-hydrogen) atoms. The minimum absolute atomic E-state index is 0.199. The Bertz CT molecular complexity index is 406.